The molecule has 0 aliphatic heterocycles. The number of carboxylic acid groups (broad SMARTS) is 1. The van der Waals surface area contributed by atoms with Crippen molar-refractivity contribution in [2.75, 3.05) is 0 Å². The van der Waals surface area contributed by atoms with Gasteiger partial charge < -0.3 is 5.11 Å². The third-order valence-corrected chi connectivity index (χ3v) is 1.23. The van der Waals surface area contributed by atoms with E-state index in [4.69, 9.17) is 10.9 Å². The van der Waals surface area contributed by atoms with E-state index in [9.17, 15) is 9.59 Å². The molecule has 0 aliphatic carbocycles. The molecule has 6 heteroatoms. The number of amides is 1. The second-order valence-corrected chi connectivity index (χ2v) is 2.25. The molecule has 0 radical (unpaired) electrons. The summed E-state index contributed by atoms with van der Waals surface area (Å²) in [4.78, 5) is 20.4. The molecule has 1 unspecified atom stereocenters. The van der Waals surface area contributed by atoms with Crippen molar-refractivity contribution < 1.29 is 14.7 Å². The summed E-state index contributed by atoms with van der Waals surface area (Å²) < 4.78 is 0. The molecule has 0 aromatic heterocycles. The lowest BCUT2D eigenvalue weighted by Gasteiger charge is -2.03. The summed E-state index contributed by atoms with van der Waals surface area (Å²) in [6.45, 7) is 0. The number of hydrogen-bond acceptors (Lipinski definition) is 4. The van der Waals surface area contributed by atoms with Gasteiger partial charge in [0, 0.05) is 0 Å². The average molecular weight is 164 g/mol. The Kier molecular flexibility index (Phi) is 3.82. The van der Waals surface area contributed by atoms with E-state index in [-0.39, 0.29) is 6.42 Å². The van der Waals surface area contributed by atoms with Gasteiger partial charge in [-0.1, -0.05) is 0 Å². The van der Waals surface area contributed by atoms with Crippen molar-refractivity contribution in [1.29, 1.82) is 0 Å². The first kappa shape index (κ1) is 9.25. The SMILES string of the molecule is NNC(=O)C(S)CC(=O)O. The van der Waals surface area contributed by atoms with Crippen LogP contribution < -0.4 is 11.3 Å². The van der Waals surface area contributed by atoms with Gasteiger partial charge in [-0.25, -0.2) is 5.84 Å². The number of aliphatic carboxylic acids is 1. The summed E-state index contributed by atoms with van der Waals surface area (Å²) in [5.74, 6) is 3.04. The first-order chi connectivity index (χ1) is 4.57. The van der Waals surface area contributed by atoms with Gasteiger partial charge in [-0.3, -0.25) is 15.0 Å². The molecule has 0 saturated heterocycles. The van der Waals surface area contributed by atoms with E-state index < -0.39 is 17.1 Å². The Morgan fingerprint density at radius 2 is 2.20 bits per heavy atom. The Labute approximate surface area is 63.0 Å². The van der Waals surface area contributed by atoms with Crippen LogP contribution in [0, 0.1) is 0 Å². The van der Waals surface area contributed by atoms with E-state index in [1.807, 2.05) is 0 Å². The predicted octanol–water partition coefficient (Wildman–Crippen LogP) is -1.25. The van der Waals surface area contributed by atoms with Crippen molar-refractivity contribution in [3.05, 3.63) is 0 Å². The molecule has 0 aliphatic rings. The van der Waals surface area contributed by atoms with E-state index >= 15 is 0 Å². The van der Waals surface area contributed by atoms with Crippen LogP contribution in [-0.2, 0) is 9.59 Å². The van der Waals surface area contributed by atoms with Gasteiger partial charge in [-0.15, -0.1) is 0 Å². The average Bonchev–Trinajstić information content (AvgIpc) is 1.85. The van der Waals surface area contributed by atoms with Crippen LogP contribution in [0.1, 0.15) is 6.42 Å². The fraction of sp³-hybridized carbons (Fsp3) is 0.500. The van der Waals surface area contributed by atoms with Gasteiger partial charge in [0.15, 0.2) is 0 Å². The first-order valence-electron chi connectivity index (χ1n) is 2.48. The summed E-state index contributed by atoms with van der Waals surface area (Å²) in [7, 11) is 0. The fourth-order valence-corrected chi connectivity index (χ4v) is 0.585. The monoisotopic (exact) mass is 164 g/mol. The van der Waals surface area contributed by atoms with Crippen LogP contribution in [0.3, 0.4) is 0 Å². The van der Waals surface area contributed by atoms with Crippen LogP contribution >= 0.6 is 12.6 Å². The summed E-state index contributed by atoms with van der Waals surface area (Å²) in [5.41, 5.74) is 1.79. The first-order valence-corrected chi connectivity index (χ1v) is 3.00. The maximum atomic E-state index is 10.5. The lowest BCUT2D eigenvalue weighted by Crippen LogP contribution is -2.37. The summed E-state index contributed by atoms with van der Waals surface area (Å²) >= 11 is 3.67. The van der Waals surface area contributed by atoms with Crippen LogP contribution in [0.2, 0.25) is 0 Å². The summed E-state index contributed by atoms with van der Waals surface area (Å²) in [6.07, 6.45) is -0.327. The Bertz CT molecular complexity index is 149. The molecular weight excluding hydrogens is 156 g/mol. The molecule has 0 aromatic carbocycles. The third-order valence-electron chi connectivity index (χ3n) is 0.813. The molecule has 0 heterocycles. The fourth-order valence-electron chi connectivity index (χ4n) is 0.354. The highest BCUT2D eigenvalue weighted by Gasteiger charge is 2.15. The highest BCUT2D eigenvalue weighted by Crippen LogP contribution is 1.99. The number of hydrazine groups is 1. The number of carbonyl (C=O) groups is 2. The number of nitrogens with one attached hydrogen (secondary N) is 1. The molecule has 0 spiro atoms. The Morgan fingerprint density at radius 1 is 1.70 bits per heavy atom. The van der Waals surface area contributed by atoms with E-state index in [0.717, 1.165) is 0 Å². The lowest BCUT2D eigenvalue weighted by molar-refractivity contribution is -0.138. The van der Waals surface area contributed by atoms with Gasteiger partial charge in [0.2, 0.25) is 5.91 Å². The normalized spacial score (nSPS) is 12.2. The highest BCUT2D eigenvalue weighted by molar-refractivity contribution is 7.81. The van der Waals surface area contributed by atoms with Gasteiger partial charge in [-0.2, -0.15) is 12.6 Å². The number of carbonyl (C=O) groups excluding carboxylic acids is 1. The summed E-state index contributed by atoms with van der Waals surface area (Å²) in [6, 6.07) is 0. The maximum Gasteiger partial charge on any atom is 0.304 e. The quantitative estimate of drug-likeness (QED) is 0.181. The lowest BCUT2D eigenvalue weighted by atomic mass is 10.3. The molecule has 0 saturated carbocycles. The van der Waals surface area contributed by atoms with Gasteiger partial charge in [0.1, 0.15) is 0 Å². The number of hydrogen-bond donors (Lipinski definition) is 4. The van der Waals surface area contributed by atoms with Crippen LogP contribution in [-0.4, -0.2) is 22.2 Å². The predicted molar refractivity (Wildman–Crippen MR) is 37.4 cm³/mol. The molecule has 0 rings (SSSR count). The minimum Gasteiger partial charge on any atom is -0.481 e. The summed E-state index contributed by atoms with van der Waals surface area (Å²) in [5, 5.41) is 7.29. The smallest absolute Gasteiger partial charge is 0.304 e. The van der Waals surface area contributed by atoms with Crippen LogP contribution in [0.5, 0.6) is 0 Å². The van der Waals surface area contributed by atoms with Crippen LogP contribution in [0.4, 0.5) is 0 Å². The standard InChI is InChI=1S/C4H8N2O3S/c5-6-4(9)2(10)1-3(7)8/h2,10H,1,5H2,(H,6,9)(H,7,8). The van der Waals surface area contributed by atoms with Crippen molar-refractivity contribution in [3.8, 4) is 0 Å². The second-order valence-electron chi connectivity index (χ2n) is 1.62. The van der Waals surface area contributed by atoms with Crippen molar-refractivity contribution in [3.63, 3.8) is 0 Å². The molecule has 4 N–H and O–H groups in total. The molecule has 10 heavy (non-hydrogen) atoms. The van der Waals surface area contributed by atoms with E-state index in [0.29, 0.717) is 0 Å². The molecule has 0 bridgehead atoms. The Balaban J connectivity index is 3.72. The zero-order valence-corrected chi connectivity index (χ0v) is 5.97. The molecule has 5 nitrogen and oxygen atoms in total. The van der Waals surface area contributed by atoms with Gasteiger partial charge in [0.25, 0.3) is 0 Å². The van der Waals surface area contributed by atoms with Crippen molar-refractivity contribution in [2.45, 2.75) is 11.7 Å². The zero-order valence-electron chi connectivity index (χ0n) is 5.07. The van der Waals surface area contributed by atoms with E-state index in [1.54, 1.807) is 5.43 Å². The number of thiol groups is 1. The highest BCUT2D eigenvalue weighted by atomic mass is 32.1. The Morgan fingerprint density at radius 3 is 2.50 bits per heavy atom. The van der Waals surface area contributed by atoms with E-state index in [2.05, 4.69) is 12.6 Å². The molecule has 0 aromatic rings. The zero-order chi connectivity index (χ0) is 8.15. The molecule has 1 atom stereocenters. The van der Waals surface area contributed by atoms with Gasteiger partial charge >= 0.3 is 5.97 Å². The molecular formula is C4H8N2O3S. The van der Waals surface area contributed by atoms with Gasteiger partial charge in [0.05, 0.1) is 11.7 Å². The number of rotatable bonds is 3. The number of carboxylic acids is 1. The Hall–Kier alpha value is -0.750. The van der Waals surface area contributed by atoms with Crippen LogP contribution in [0.25, 0.3) is 0 Å². The largest absolute Gasteiger partial charge is 0.481 e. The minimum absolute atomic E-state index is 0.327. The van der Waals surface area contributed by atoms with E-state index in [1.165, 1.54) is 0 Å². The minimum atomic E-state index is -1.08. The van der Waals surface area contributed by atoms with Crippen molar-refractivity contribution >= 4 is 24.5 Å². The van der Waals surface area contributed by atoms with Crippen molar-refractivity contribution in [2.24, 2.45) is 5.84 Å². The van der Waals surface area contributed by atoms with Crippen molar-refractivity contribution in [1.82, 2.24) is 5.43 Å². The van der Waals surface area contributed by atoms with Gasteiger partial charge in [-0.05, 0) is 0 Å². The molecule has 1 amide bonds. The maximum absolute atomic E-state index is 10.5. The third kappa shape index (κ3) is 3.31. The second kappa shape index (κ2) is 4.13. The topological polar surface area (TPSA) is 92.4 Å². The molecule has 0 fully saturated rings. The molecule has 58 valence electrons. The number of nitrogens with two attached hydrogens (primary N) is 1. The van der Waals surface area contributed by atoms with Crippen LogP contribution in [0.15, 0.2) is 0 Å².